The maximum atomic E-state index is 10.8. The number of hydrogen-bond donors (Lipinski definition) is 0. The SMILES string of the molecule is CC(=O)OC1CC(C)CC(C)(C)C1. The Bertz CT molecular complexity index is 196. The molecule has 1 saturated carbocycles. The predicted octanol–water partition coefficient (Wildman–Crippen LogP) is 2.76. The molecular weight excluding hydrogens is 164 g/mol. The summed E-state index contributed by atoms with van der Waals surface area (Å²) in [5, 5.41) is 0. The topological polar surface area (TPSA) is 26.3 Å². The first-order valence-corrected chi connectivity index (χ1v) is 5.06. The lowest BCUT2D eigenvalue weighted by molar-refractivity contribution is -0.150. The highest BCUT2D eigenvalue weighted by atomic mass is 16.5. The fourth-order valence-corrected chi connectivity index (χ4v) is 2.58. The van der Waals surface area contributed by atoms with Gasteiger partial charge in [-0.05, 0) is 30.6 Å². The van der Waals surface area contributed by atoms with E-state index < -0.39 is 0 Å². The standard InChI is InChI=1S/C11H20O2/c1-8-5-10(13-9(2)12)7-11(3,4)6-8/h8,10H,5-7H2,1-4H3. The molecule has 0 aromatic heterocycles. The highest BCUT2D eigenvalue weighted by Gasteiger charge is 2.33. The number of hydrogen-bond acceptors (Lipinski definition) is 2. The molecule has 2 unspecified atom stereocenters. The lowest BCUT2D eigenvalue weighted by Gasteiger charge is -2.38. The van der Waals surface area contributed by atoms with Crippen LogP contribution in [0.3, 0.4) is 0 Å². The van der Waals surface area contributed by atoms with Crippen LogP contribution >= 0.6 is 0 Å². The molecule has 2 heteroatoms. The van der Waals surface area contributed by atoms with Crippen molar-refractivity contribution in [3.05, 3.63) is 0 Å². The largest absolute Gasteiger partial charge is 0.463 e. The van der Waals surface area contributed by atoms with Crippen molar-refractivity contribution in [2.24, 2.45) is 11.3 Å². The van der Waals surface area contributed by atoms with Crippen molar-refractivity contribution in [3.63, 3.8) is 0 Å². The first kappa shape index (κ1) is 10.6. The van der Waals surface area contributed by atoms with E-state index in [9.17, 15) is 4.79 Å². The molecule has 0 spiro atoms. The average molecular weight is 184 g/mol. The van der Waals surface area contributed by atoms with Crippen LogP contribution in [0.25, 0.3) is 0 Å². The molecule has 0 aromatic rings. The minimum absolute atomic E-state index is 0.144. The van der Waals surface area contributed by atoms with Gasteiger partial charge in [-0.3, -0.25) is 4.79 Å². The van der Waals surface area contributed by atoms with Gasteiger partial charge in [0, 0.05) is 6.92 Å². The zero-order valence-corrected chi connectivity index (χ0v) is 9.09. The molecule has 0 N–H and O–H groups in total. The second-order valence-electron chi connectivity index (χ2n) is 5.14. The van der Waals surface area contributed by atoms with Crippen LogP contribution in [0.15, 0.2) is 0 Å². The van der Waals surface area contributed by atoms with Gasteiger partial charge in [0.05, 0.1) is 0 Å². The molecule has 2 atom stereocenters. The van der Waals surface area contributed by atoms with Crippen molar-refractivity contribution < 1.29 is 9.53 Å². The van der Waals surface area contributed by atoms with Gasteiger partial charge in [0.15, 0.2) is 0 Å². The van der Waals surface area contributed by atoms with Crippen LogP contribution in [0.1, 0.15) is 47.0 Å². The Labute approximate surface area is 80.7 Å². The van der Waals surface area contributed by atoms with Crippen LogP contribution in [0.4, 0.5) is 0 Å². The summed E-state index contributed by atoms with van der Waals surface area (Å²) in [4.78, 5) is 10.8. The van der Waals surface area contributed by atoms with E-state index in [4.69, 9.17) is 4.74 Å². The molecular formula is C11H20O2. The van der Waals surface area contributed by atoms with Gasteiger partial charge >= 0.3 is 5.97 Å². The zero-order chi connectivity index (χ0) is 10.1. The van der Waals surface area contributed by atoms with Gasteiger partial charge < -0.3 is 4.74 Å². The Hall–Kier alpha value is -0.530. The summed E-state index contributed by atoms with van der Waals surface area (Å²) in [6, 6.07) is 0. The average Bonchev–Trinajstić information content (AvgIpc) is 1.78. The summed E-state index contributed by atoms with van der Waals surface area (Å²) in [5.74, 6) is 0.531. The number of esters is 1. The van der Waals surface area contributed by atoms with Gasteiger partial charge in [0.2, 0.25) is 0 Å². The van der Waals surface area contributed by atoms with Gasteiger partial charge in [-0.2, -0.15) is 0 Å². The molecule has 2 nitrogen and oxygen atoms in total. The lowest BCUT2D eigenvalue weighted by atomic mass is 9.71. The van der Waals surface area contributed by atoms with Gasteiger partial charge in [0.1, 0.15) is 6.10 Å². The number of carbonyl (C=O) groups excluding carboxylic acids is 1. The van der Waals surface area contributed by atoms with Crippen LogP contribution in [-0.2, 0) is 9.53 Å². The molecule has 13 heavy (non-hydrogen) atoms. The van der Waals surface area contributed by atoms with Crippen LogP contribution in [0.2, 0.25) is 0 Å². The zero-order valence-electron chi connectivity index (χ0n) is 9.09. The summed E-state index contributed by atoms with van der Waals surface area (Å²) in [6.45, 7) is 8.22. The number of carbonyl (C=O) groups is 1. The third-order valence-corrected chi connectivity index (χ3v) is 2.68. The minimum atomic E-state index is -0.144. The highest BCUT2D eigenvalue weighted by Crippen LogP contribution is 2.39. The van der Waals surface area contributed by atoms with E-state index in [0.29, 0.717) is 11.3 Å². The smallest absolute Gasteiger partial charge is 0.302 e. The van der Waals surface area contributed by atoms with E-state index in [-0.39, 0.29) is 12.1 Å². The summed E-state index contributed by atoms with van der Waals surface area (Å²) >= 11 is 0. The quantitative estimate of drug-likeness (QED) is 0.586. The molecule has 0 bridgehead atoms. The Morgan fingerprint density at radius 3 is 2.46 bits per heavy atom. The van der Waals surface area contributed by atoms with Crippen LogP contribution in [0, 0.1) is 11.3 Å². The second-order valence-corrected chi connectivity index (χ2v) is 5.14. The van der Waals surface area contributed by atoms with Crippen molar-refractivity contribution in [1.82, 2.24) is 0 Å². The molecule has 0 amide bonds. The van der Waals surface area contributed by atoms with Gasteiger partial charge in [-0.1, -0.05) is 20.8 Å². The Kier molecular flexibility index (Phi) is 2.99. The van der Waals surface area contributed by atoms with Crippen molar-refractivity contribution >= 4 is 5.97 Å². The second kappa shape index (κ2) is 3.69. The third kappa shape index (κ3) is 3.37. The monoisotopic (exact) mass is 184 g/mol. The molecule has 0 radical (unpaired) electrons. The molecule has 1 aliphatic carbocycles. The Morgan fingerprint density at radius 1 is 1.38 bits per heavy atom. The maximum Gasteiger partial charge on any atom is 0.302 e. The summed E-state index contributed by atoms with van der Waals surface area (Å²) < 4.78 is 5.26. The maximum absolute atomic E-state index is 10.8. The minimum Gasteiger partial charge on any atom is -0.463 e. The number of rotatable bonds is 1. The fraction of sp³-hybridized carbons (Fsp3) is 0.909. The van der Waals surface area contributed by atoms with E-state index in [2.05, 4.69) is 20.8 Å². The van der Waals surface area contributed by atoms with E-state index in [1.54, 1.807) is 0 Å². The first-order valence-electron chi connectivity index (χ1n) is 5.06. The molecule has 0 aliphatic heterocycles. The van der Waals surface area contributed by atoms with E-state index in [1.807, 2.05) is 0 Å². The van der Waals surface area contributed by atoms with Gasteiger partial charge in [0.25, 0.3) is 0 Å². The van der Waals surface area contributed by atoms with E-state index >= 15 is 0 Å². The van der Waals surface area contributed by atoms with Crippen LogP contribution in [0.5, 0.6) is 0 Å². The Balaban J connectivity index is 2.52. The molecule has 0 heterocycles. The van der Waals surface area contributed by atoms with Crippen LogP contribution in [-0.4, -0.2) is 12.1 Å². The number of ether oxygens (including phenoxy) is 1. The van der Waals surface area contributed by atoms with E-state index in [0.717, 1.165) is 12.8 Å². The molecule has 1 fully saturated rings. The molecule has 76 valence electrons. The van der Waals surface area contributed by atoms with Crippen molar-refractivity contribution in [2.75, 3.05) is 0 Å². The first-order chi connectivity index (χ1) is 5.89. The van der Waals surface area contributed by atoms with Gasteiger partial charge in [-0.25, -0.2) is 0 Å². The van der Waals surface area contributed by atoms with Crippen molar-refractivity contribution in [3.8, 4) is 0 Å². The Morgan fingerprint density at radius 2 is 2.00 bits per heavy atom. The van der Waals surface area contributed by atoms with Crippen molar-refractivity contribution in [2.45, 2.75) is 53.1 Å². The van der Waals surface area contributed by atoms with E-state index in [1.165, 1.54) is 13.3 Å². The molecule has 0 aromatic carbocycles. The fourth-order valence-electron chi connectivity index (χ4n) is 2.58. The lowest BCUT2D eigenvalue weighted by Crippen LogP contribution is -2.33. The summed E-state index contributed by atoms with van der Waals surface area (Å²) in [5.41, 5.74) is 0.331. The van der Waals surface area contributed by atoms with Crippen LogP contribution < -0.4 is 0 Å². The highest BCUT2D eigenvalue weighted by molar-refractivity contribution is 5.66. The van der Waals surface area contributed by atoms with Gasteiger partial charge in [-0.15, -0.1) is 0 Å². The predicted molar refractivity (Wildman–Crippen MR) is 52.4 cm³/mol. The normalized spacial score (nSPS) is 32.6. The molecule has 1 rings (SSSR count). The third-order valence-electron chi connectivity index (χ3n) is 2.68. The van der Waals surface area contributed by atoms with Crippen molar-refractivity contribution in [1.29, 1.82) is 0 Å². The molecule has 1 aliphatic rings. The summed E-state index contributed by atoms with van der Waals surface area (Å²) in [7, 11) is 0. The molecule has 0 saturated heterocycles. The summed E-state index contributed by atoms with van der Waals surface area (Å²) in [6.07, 6.45) is 3.43.